The summed E-state index contributed by atoms with van der Waals surface area (Å²) in [6.07, 6.45) is 0. The minimum absolute atomic E-state index is 0.600. The van der Waals surface area contributed by atoms with Crippen molar-refractivity contribution in [3.63, 3.8) is 0 Å². The lowest BCUT2D eigenvalue weighted by atomic mass is 10.1. The molecule has 0 aromatic heterocycles. The van der Waals surface area contributed by atoms with Gasteiger partial charge in [0, 0.05) is 45.8 Å². The van der Waals surface area contributed by atoms with Gasteiger partial charge in [-0.3, -0.25) is 0 Å². The minimum Gasteiger partial charge on any atom is -0.357 e. The summed E-state index contributed by atoms with van der Waals surface area (Å²) in [5, 5.41) is 6.91. The van der Waals surface area contributed by atoms with Crippen molar-refractivity contribution in [2.24, 2.45) is 10.9 Å². The van der Waals surface area contributed by atoms with Gasteiger partial charge in [0.25, 0.3) is 0 Å². The lowest BCUT2D eigenvalue weighted by molar-refractivity contribution is 0.124. The number of nitrogens with zero attached hydrogens (tertiary/aromatic N) is 3. The molecule has 0 spiro atoms. The van der Waals surface area contributed by atoms with Crippen molar-refractivity contribution < 1.29 is 0 Å². The maximum atomic E-state index is 4.79. The van der Waals surface area contributed by atoms with E-state index in [0.717, 1.165) is 32.1 Å². The second-order valence-electron chi connectivity index (χ2n) is 7.85. The van der Waals surface area contributed by atoms with E-state index >= 15 is 0 Å². The molecule has 1 unspecified atom stereocenters. The number of aliphatic imine (C=N–C) groups is 1. The first kappa shape index (κ1) is 21.7. The highest BCUT2D eigenvalue weighted by atomic mass is 15.3. The van der Waals surface area contributed by atoms with Gasteiger partial charge < -0.3 is 20.4 Å². The molecule has 27 heavy (non-hydrogen) atoms. The van der Waals surface area contributed by atoms with Crippen LogP contribution in [0.25, 0.3) is 0 Å². The predicted molar refractivity (Wildman–Crippen MR) is 116 cm³/mol. The molecule has 0 radical (unpaired) electrons. The summed E-state index contributed by atoms with van der Waals surface area (Å²) in [4.78, 5) is 9.91. The molecule has 0 saturated carbocycles. The molecule has 2 N–H and O–H groups in total. The second-order valence-corrected chi connectivity index (χ2v) is 7.85. The van der Waals surface area contributed by atoms with E-state index in [9.17, 15) is 0 Å². The van der Waals surface area contributed by atoms with Gasteiger partial charge in [0.05, 0.1) is 6.54 Å². The van der Waals surface area contributed by atoms with Gasteiger partial charge in [-0.25, -0.2) is 4.99 Å². The molecule has 1 aliphatic rings. The summed E-state index contributed by atoms with van der Waals surface area (Å²) in [7, 11) is 0. The van der Waals surface area contributed by atoms with Crippen molar-refractivity contribution in [3.05, 3.63) is 34.9 Å². The number of rotatable bonds is 8. The zero-order valence-electron chi connectivity index (χ0n) is 18.0. The first-order valence-electron chi connectivity index (χ1n) is 10.5. The van der Waals surface area contributed by atoms with E-state index in [0.29, 0.717) is 5.92 Å². The molecule has 1 fully saturated rings. The number of nitrogens with one attached hydrogen (secondary N) is 2. The molecule has 5 heteroatoms. The molecule has 1 heterocycles. The number of likely N-dealkylation sites (N-methyl/N-ethyl adjacent to an activating group) is 1. The smallest absolute Gasteiger partial charge is 0.191 e. The Balaban J connectivity index is 1.80. The van der Waals surface area contributed by atoms with E-state index in [1.54, 1.807) is 0 Å². The van der Waals surface area contributed by atoms with Crippen molar-refractivity contribution in [1.29, 1.82) is 0 Å². The van der Waals surface area contributed by atoms with Crippen LogP contribution in [0.2, 0.25) is 0 Å². The van der Waals surface area contributed by atoms with Crippen LogP contribution in [0.15, 0.2) is 23.2 Å². The summed E-state index contributed by atoms with van der Waals surface area (Å²) >= 11 is 0. The number of aryl methyl sites for hydroxylation is 2. The van der Waals surface area contributed by atoms with Crippen LogP contribution < -0.4 is 10.6 Å². The van der Waals surface area contributed by atoms with E-state index in [-0.39, 0.29) is 0 Å². The van der Waals surface area contributed by atoms with Crippen molar-refractivity contribution in [2.75, 3.05) is 52.4 Å². The molecule has 0 amide bonds. The summed E-state index contributed by atoms with van der Waals surface area (Å²) in [5.41, 5.74) is 3.91. The van der Waals surface area contributed by atoms with Crippen LogP contribution in [0.1, 0.15) is 37.5 Å². The standard InChI is InChI=1S/C22H39N5/c1-6-23-22(25-16-21-9-8-18(3)14-20(21)5)24-15-19(4)17-27-12-10-26(7-2)11-13-27/h8-9,14,19H,6-7,10-13,15-17H2,1-5H3,(H2,23,24,25). The largest absolute Gasteiger partial charge is 0.357 e. The Kier molecular flexibility index (Phi) is 9.08. The molecule has 1 saturated heterocycles. The molecule has 2 rings (SSSR count). The molecule has 0 aliphatic carbocycles. The van der Waals surface area contributed by atoms with Gasteiger partial charge in [0.15, 0.2) is 5.96 Å². The topological polar surface area (TPSA) is 42.9 Å². The van der Waals surface area contributed by atoms with Crippen LogP contribution >= 0.6 is 0 Å². The predicted octanol–water partition coefficient (Wildman–Crippen LogP) is 2.63. The van der Waals surface area contributed by atoms with Gasteiger partial charge in [-0.1, -0.05) is 37.6 Å². The molecule has 5 nitrogen and oxygen atoms in total. The van der Waals surface area contributed by atoms with Gasteiger partial charge in [0.2, 0.25) is 0 Å². The minimum atomic E-state index is 0.600. The Morgan fingerprint density at radius 3 is 2.41 bits per heavy atom. The Bertz CT molecular complexity index is 590. The number of hydrogen-bond acceptors (Lipinski definition) is 3. The highest BCUT2D eigenvalue weighted by Crippen LogP contribution is 2.11. The number of benzene rings is 1. The second kappa shape index (κ2) is 11.3. The molecule has 152 valence electrons. The van der Waals surface area contributed by atoms with E-state index in [1.807, 2.05) is 0 Å². The number of guanidine groups is 1. The van der Waals surface area contributed by atoms with Crippen molar-refractivity contribution >= 4 is 5.96 Å². The SMILES string of the molecule is CCNC(=NCc1ccc(C)cc1C)NCC(C)CN1CCN(CC)CC1. The first-order valence-corrected chi connectivity index (χ1v) is 10.5. The first-order chi connectivity index (χ1) is 13.0. The lowest BCUT2D eigenvalue weighted by Crippen LogP contribution is -2.48. The highest BCUT2D eigenvalue weighted by molar-refractivity contribution is 5.79. The third-order valence-electron chi connectivity index (χ3n) is 5.35. The zero-order valence-corrected chi connectivity index (χ0v) is 18.0. The van der Waals surface area contributed by atoms with Crippen LogP contribution in [0.4, 0.5) is 0 Å². The summed E-state index contributed by atoms with van der Waals surface area (Å²) in [5.74, 6) is 1.52. The molecule has 0 bridgehead atoms. The van der Waals surface area contributed by atoms with Crippen LogP contribution in [-0.4, -0.2) is 68.1 Å². The quantitative estimate of drug-likeness (QED) is 0.543. The molecule has 1 aromatic carbocycles. The van der Waals surface area contributed by atoms with E-state index in [1.165, 1.54) is 49.4 Å². The monoisotopic (exact) mass is 373 g/mol. The van der Waals surface area contributed by atoms with Gasteiger partial charge in [-0.05, 0) is 44.4 Å². The van der Waals surface area contributed by atoms with E-state index < -0.39 is 0 Å². The fraction of sp³-hybridized carbons (Fsp3) is 0.682. The van der Waals surface area contributed by atoms with E-state index in [4.69, 9.17) is 4.99 Å². The Labute approximate surface area is 166 Å². The lowest BCUT2D eigenvalue weighted by Gasteiger charge is -2.35. The van der Waals surface area contributed by atoms with Gasteiger partial charge in [-0.15, -0.1) is 0 Å². The normalized spacial score (nSPS) is 17.7. The van der Waals surface area contributed by atoms with Crippen molar-refractivity contribution in [3.8, 4) is 0 Å². The third kappa shape index (κ3) is 7.51. The van der Waals surface area contributed by atoms with Crippen molar-refractivity contribution in [1.82, 2.24) is 20.4 Å². The van der Waals surface area contributed by atoms with Crippen molar-refractivity contribution in [2.45, 2.75) is 41.2 Å². The van der Waals surface area contributed by atoms with Gasteiger partial charge in [-0.2, -0.15) is 0 Å². The molecule has 1 aromatic rings. The molecule has 1 aliphatic heterocycles. The maximum absolute atomic E-state index is 4.79. The fourth-order valence-electron chi connectivity index (χ4n) is 3.59. The average Bonchev–Trinajstić information content (AvgIpc) is 2.66. The third-order valence-corrected chi connectivity index (χ3v) is 5.35. The Hall–Kier alpha value is -1.59. The Morgan fingerprint density at radius 2 is 1.78 bits per heavy atom. The molecular formula is C22H39N5. The number of piperazine rings is 1. The molecule has 1 atom stereocenters. The van der Waals surface area contributed by atoms with Gasteiger partial charge >= 0.3 is 0 Å². The Morgan fingerprint density at radius 1 is 1.07 bits per heavy atom. The summed E-state index contributed by atoms with van der Waals surface area (Å²) < 4.78 is 0. The summed E-state index contributed by atoms with van der Waals surface area (Å²) in [6.45, 7) is 20.7. The van der Waals surface area contributed by atoms with E-state index in [2.05, 4.69) is 73.3 Å². The molecular weight excluding hydrogens is 334 g/mol. The zero-order chi connectivity index (χ0) is 19.6. The van der Waals surface area contributed by atoms with Crippen LogP contribution in [0, 0.1) is 19.8 Å². The highest BCUT2D eigenvalue weighted by Gasteiger charge is 2.17. The average molecular weight is 374 g/mol. The fourth-order valence-corrected chi connectivity index (χ4v) is 3.59. The van der Waals surface area contributed by atoms with Crippen LogP contribution in [0.3, 0.4) is 0 Å². The maximum Gasteiger partial charge on any atom is 0.191 e. The number of hydrogen-bond donors (Lipinski definition) is 2. The summed E-state index contributed by atoms with van der Waals surface area (Å²) in [6, 6.07) is 6.58. The van der Waals surface area contributed by atoms with Gasteiger partial charge in [0.1, 0.15) is 0 Å². The van der Waals surface area contributed by atoms with Crippen LogP contribution in [0.5, 0.6) is 0 Å². The van der Waals surface area contributed by atoms with Crippen LogP contribution in [-0.2, 0) is 6.54 Å².